The van der Waals surface area contributed by atoms with Gasteiger partial charge in [0, 0.05) is 11.3 Å². The van der Waals surface area contributed by atoms with Crippen molar-refractivity contribution in [1.29, 1.82) is 0 Å². The Hall–Kier alpha value is -4.39. The number of Topliss-reactive ketones (excluding diaryl/α,β-unsaturated/α-hetero) is 1. The number of hydrogen-bond acceptors (Lipinski definition) is 6. The van der Waals surface area contributed by atoms with E-state index < -0.39 is 23.7 Å². The van der Waals surface area contributed by atoms with Crippen LogP contribution < -0.4 is 9.64 Å². The Labute approximate surface area is 215 Å². The molecule has 0 saturated carbocycles. The molecule has 1 atom stereocenters. The van der Waals surface area contributed by atoms with Gasteiger partial charge in [-0.05, 0) is 75.2 Å². The second-order valence-corrected chi connectivity index (χ2v) is 8.99. The normalized spacial score (nSPS) is 16.8. The minimum absolute atomic E-state index is 0.0181. The zero-order valence-corrected chi connectivity index (χ0v) is 21.2. The van der Waals surface area contributed by atoms with Gasteiger partial charge in [0.05, 0.1) is 29.9 Å². The average Bonchev–Trinajstić information content (AvgIpc) is 3.14. The van der Waals surface area contributed by atoms with E-state index in [1.165, 1.54) is 4.90 Å². The summed E-state index contributed by atoms with van der Waals surface area (Å²) < 4.78 is 10.8. The number of esters is 1. The number of anilines is 1. The molecule has 1 heterocycles. The number of ether oxygens (including phenoxy) is 2. The molecule has 0 aliphatic carbocycles. The summed E-state index contributed by atoms with van der Waals surface area (Å²) in [7, 11) is 0. The highest BCUT2D eigenvalue weighted by Crippen LogP contribution is 2.43. The van der Waals surface area contributed by atoms with Crippen molar-refractivity contribution in [1.82, 2.24) is 0 Å². The van der Waals surface area contributed by atoms with Crippen molar-refractivity contribution >= 4 is 29.1 Å². The van der Waals surface area contributed by atoms with E-state index in [9.17, 15) is 19.5 Å². The zero-order valence-electron chi connectivity index (χ0n) is 21.2. The van der Waals surface area contributed by atoms with Crippen molar-refractivity contribution in [2.45, 2.75) is 39.8 Å². The van der Waals surface area contributed by atoms with E-state index in [1.54, 1.807) is 55.5 Å². The molecule has 37 heavy (non-hydrogen) atoms. The Bertz CT molecular complexity index is 1370. The first-order valence-electron chi connectivity index (χ1n) is 12.1. The molecule has 1 aliphatic heterocycles. The van der Waals surface area contributed by atoms with Gasteiger partial charge in [0.1, 0.15) is 11.5 Å². The maximum Gasteiger partial charge on any atom is 0.338 e. The van der Waals surface area contributed by atoms with Crippen LogP contribution in [0.15, 0.2) is 78.4 Å². The van der Waals surface area contributed by atoms with Gasteiger partial charge >= 0.3 is 5.97 Å². The molecule has 1 N–H and O–H groups in total. The number of aryl methyl sites for hydroxylation is 1. The van der Waals surface area contributed by atoms with Crippen LogP contribution in [0.1, 0.15) is 53.9 Å². The molecule has 0 aromatic heterocycles. The lowest BCUT2D eigenvalue weighted by Gasteiger charge is -2.26. The zero-order chi connectivity index (χ0) is 26.7. The molecule has 7 heteroatoms. The molecule has 3 aromatic rings. The summed E-state index contributed by atoms with van der Waals surface area (Å²) in [6, 6.07) is 19.6. The summed E-state index contributed by atoms with van der Waals surface area (Å²) >= 11 is 0. The van der Waals surface area contributed by atoms with Gasteiger partial charge in [-0.15, -0.1) is 0 Å². The van der Waals surface area contributed by atoms with Crippen LogP contribution in [-0.4, -0.2) is 35.5 Å². The quantitative estimate of drug-likeness (QED) is 0.197. The number of carbonyl (C=O) groups is 3. The molecule has 1 aliphatic rings. The van der Waals surface area contributed by atoms with Crippen LogP contribution in [0.5, 0.6) is 5.75 Å². The van der Waals surface area contributed by atoms with Crippen LogP contribution in [-0.2, 0) is 14.3 Å². The van der Waals surface area contributed by atoms with Crippen molar-refractivity contribution in [2.75, 3.05) is 11.5 Å². The van der Waals surface area contributed by atoms with Crippen molar-refractivity contribution in [3.8, 4) is 5.75 Å². The molecule has 1 amide bonds. The largest absolute Gasteiger partial charge is 0.507 e. The first-order chi connectivity index (χ1) is 17.7. The van der Waals surface area contributed by atoms with Gasteiger partial charge in [0.2, 0.25) is 0 Å². The third-order valence-corrected chi connectivity index (χ3v) is 6.06. The summed E-state index contributed by atoms with van der Waals surface area (Å²) in [5.74, 6) is -1.79. The number of ketones is 1. The van der Waals surface area contributed by atoms with Gasteiger partial charge < -0.3 is 14.6 Å². The van der Waals surface area contributed by atoms with E-state index in [4.69, 9.17) is 9.47 Å². The minimum atomic E-state index is -0.871. The third-order valence-electron chi connectivity index (χ3n) is 6.06. The maximum absolute atomic E-state index is 13.4. The van der Waals surface area contributed by atoms with Crippen molar-refractivity contribution in [3.05, 3.63) is 101 Å². The van der Waals surface area contributed by atoms with Gasteiger partial charge in [-0.2, -0.15) is 0 Å². The van der Waals surface area contributed by atoms with E-state index in [0.29, 0.717) is 28.1 Å². The SMILES string of the molecule is CCOC(=O)c1ccc(N2C(=O)C(=O)/C(=C(/O)c3cccc(OC(C)C)c3)C2c2ccccc2C)cc1. The molecule has 0 bridgehead atoms. The standard InChI is InChI=1S/C30H29NO6/c1-5-36-30(35)20-13-15-22(16-14-20)31-26(24-12-7-6-9-19(24)4)25(28(33)29(31)34)27(32)21-10-8-11-23(17-21)37-18(2)3/h6-18,26,32H,5H2,1-4H3/b27-25+. The summed E-state index contributed by atoms with van der Waals surface area (Å²) in [5, 5.41) is 11.4. The fraction of sp³-hybridized carbons (Fsp3) is 0.233. The maximum atomic E-state index is 13.4. The molecule has 190 valence electrons. The Kier molecular flexibility index (Phi) is 7.43. The molecule has 1 saturated heterocycles. The number of hydrogen-bond donors (Lipinski definition) is 1. The summed E-state index contributed by atoms with van der Waals surface area (Å²) in [4.78, 5) is 40.3. The Morgan fingerprint density at radius 1 is 0.973 bits per heavy atom. The molecule has 3 aromatic carbocycles. The molecule has 1 unspecified atom stereocenters. The highest BCUT2D eigenvalue weighted by atomic mass is 16.5. The predicted octanol–water partition coefficient (Wildman–Crippen LogP) is 5.59. The van der Waals surface area contributed by atoms with Crippen molar-refractivity contribution in [3.63, 3.8) is 0 Å². The second kappa shape index (κ2) is 10.7. The summed E-state index contributed by atoms with van der Waals surface area (Å²) in [6.45, 7) is 7.63. The molecular weight excluding hydrogens is 470 g/mol. The first kappa shape index (κ1) is 25.7. The van der Waals surface area contributed by atoms with Crippen LogP contribution >= 0.6 is 0 Å². The summed E-state index contributed by atoms with van der Waals surface area (Å²) in [6.07, 6.45) is -0.0764. The van der Waals surface area contributed by atoms with Gasteiger partial charge in [-0.1, -0.05) is 36.4 Å². The first-order valence-corrected chi connectivity index (χ1v) is 12.1. The number of carbonyl (C=O) groups excluding carboxylic acids is 3. The van der Waals surface area contributed by atoms with Crippen LogP contribution in [0.4, 0.5) is 5.69 Å². The number of amides is 1. The fourth-order valence-corrected chi connectivity index (χ4v) is 4.40. The van der Waals surface area contributed by atoms with Crippen LogP contribution in [0.2, 0.25) is 0 Å². The monoisotopic (exact) mass is 499 g/mol. The number of aliphatic hydroxyl groups is 1. The van der Waals surface area contributed by atoms with Crippen LogP contribution in [0.3, 0.4) is 0 Å². The van der Waals surface area contributed by atoms with E-state index >= 15 is 0 Å². The molecule has 1 fully saturated rings. The molecule has 4 rings (SSSR count). The van der Waals surface area contributed by atoms with Gasteiger partial charge in [-0.25, -0.2) is 4.79 Å². The fourth-order valence-electron chi connectivity index (χ4n) is 4.40. The third kappa shape index (κ3) is 5.11. The molecule has 7 nitrogen and oxygen atoms in total. The molecular formula is C30H29NO6. The number of nitrogens with zero attached hydrogens (tertiary/aromatic N) is 1. The number of rotatable bonds is 7. The van der Waals surface area contributed by atoms with Crippen LogP contribution in [0.25, 0.3) is 5.76 Å². The number of benzene rings is 3. The van der Waals surface area contributed by atoms with E-state index in [-0.39, 0.29) is 24.0 Å². The summed E-state index contributed by atoms with van der Waals surface area (Å²) in [5.41, 5.74) is 2.65. The minimum Gasteiger partial charge on any atom is -0.507 e. The second-order valence-electron chi connectivity index (χ2n) is 8.99. The van der Waals surface area contributed by atoms with E-state index in [2.05, 4.69) is 0 Å². The van der Waals surface area contributed by atoms with Crippen molar-refractivity contribution < 1.29 is 29.0 Å². The Morgan fingerprint density at radius 3 is 2.32 bits per heavy atom. The smallest absolute Gasteiger partial charge is 0.338 e. The van der Waals surface area contributed by atoms with Gasteiger partial charge in [0.25, 0.3) is 11.7 Å². The van der Waals surface area contributed by atoms with Gasteiger partial charge in [-0.3, -0.25) is 14.5 Å². The highest BCUT2D eigenvalue weighted by Gasteiger charge is 2.47. The van der Waals surface area contributed by atoms with Gasteiger partial charge in [0.15, 0.2) is 0 Å². The predicted molar refractivity (Wildman–Crippen MR) is 141 cm³/mol. The highest BCUT2D eigenvalue weighted by molar-refractivity contribution is 6.51. The Balaban J connectivity index is 1.86. The van der Waals surface area contributed by atoms with E-state index in [1.807, 2.05) is 45.0 Å². The topological polar surface area (TPSA) is 93.1 Å². The van der Waals surface area contributed by atoms with Crippen LogP contribution in [0, 0.1) is 6.92 Å². The number of aliphatic hydroxyl groups excluding tert-OH is 1. The lowest BCUT2D eigenvalue weighted by Crippen LogP contribution is -2.29. The molecule has 0 radical (unpaired) electrons. The average molecular weight is 500 g/mol. The lowest BCUT2D eigenvalue weighted by atomic mass is 9.92. The Morgan fingerprint density at radius 2 is 1.68 bits per heavy atom. The van der Waals surface area contributed by atoms with Crippen molar-refractivity contribution in [2.24, 2.45) is 0 Å². The lowest BCUT2D eigenvalue weighted by molar-refractivity contribution is -0.132. The molecule has 0 spiro atoms. The van der Waals surface area contributed by atoms with E-state index in [0.717, 1.165) is 5.56 Å².